The summed E-state index contributed by atoms with van der Waals surface area (Å²) in [5.41, 5.74) is 3.21. The Morgan fingerprint density at radius 1 is 1.04 bits per heavy atom. The number of nitrogens with zero attached hydrogens (tertiary/aromatic N) is 2. The third-order valence-corrected chi connectivity index (χ3v) is 5.88. The van der Waals surface area contributed by atoms with E-state index in [9.17, 15) is 4.79 Å². The average molecular weight is 478 g/mol. The highest BCUT2D eigenvalue weighted by atomic mass is 127. The number of methoxy groups -OCH3 is 1. The highest BCUT2D eigenvalue weighted by Gasteiger charge is 2.29. The molecule has 2 aromatic carbocycles. The van der Waals surface area contributed by atoms with Crippen LogP contribution in [0.3, 0.4) is 0 Å². The Labute approximate surface area is 175 Å². The number of hydrogen-bond acceptors (Lipinski definition) is 4. The molecule has 0 saturated carbocycles. The SMILES string of the molecule is COC(=O)c1ccc(CN2CC(C)N(Cc3cccc(I)c3)C(C)C2)cc1. The molecule has 1 saturated heterocycles. The van der Waals surface area contributed by atoms with Gasteiger partial charge in [0.25, 0.3) is 0 Å². The van der Waals surface area contributed by atoms with Crippen LogP contribution < -0.4 is 0 Å². The maximum Gasteiger partial charge on any atom is 0.337 e. The van der Waals surface area contributed by atoms with Crippen molar-refractivity contribution in [3.63, 3.8) is 0 Å². The van der Waals surface area contributed by atoms with Crippen molar-refractivity contribution in [1.29, 1.82) is 0 Å². The van der Waals surface area contributed by atoms with Crippen LogP contribution in [0.25, 0.3) is 0 Å². The molecular weight excluding hydrogens is 451 g/mol. The summed E-state index contributed by atoms with van der Waals surface area (Å²) in [6.45, 7) is 8.64. The van der Waals surface area contributed by atoms with Crippen LogP contribution in [0.2, 0.25) is 0 Å². The lowest BCUT2D eigenvalue weighted by Crippen LogP contribution is -2.55. The Morgan fingerprint density at radius 2 is 1.70 bits per heavy atom. The summed E-state index contributed by atoms with van der Waals surface area (Å²) in [4.78, 5) is 16.7. The quantitative estimate of drug-likeness (QED) is 0.477. The first-order valence-corrected chi connectivity index (χ1v) is 10.4. The molecule has 1 aliphatic rings. The molecule has 1 heterocycles. The van der Waals surface area contributed by atoms with Crippen molar-refractivity contribution in [1.82, 2.24) is 9.80 Å². The molecule has 2 unspecified atom stereocenters. The van der Waals surface area contributed by atoms with Crippen LogP contribution in [0.15, 0.2) is 48.5 Å². The number of benzene rings is 2. The number of carbonyl (C=O) groups excluding carboxylic acids is 1. The Hall–Kier alpha value is -1.44. The van der Waals surface area contributed by atoms with E-state index in [1.54, 1.807) is 0 Å². The summed E-state index contributed by atoms with van der Waals surface area (Å²) in [7, 11) is 1.41. The summed E-state index contributed by atoms with van der Waals surface area (Å²) in [6.07, 6.45) is 0. The molecule has 1 aliphatic heterocycles. The van der Waals surface area contributed by atoms with Gasteiger partial charge in [-0.25, -0.2) is 4.79 Å². The standard InChI is InChI=1S/C22H27IN2O2/c1-16-12-24(14-18-7-9-20(10-8-18)22(26)27-3)13-17(2)25(16)15-19-5-4-6-21(23)11-19/h4-11,16-17H,12-15H2,1-3H3. The van der Waals surface area contributed by atoms with Crippen molar-refractivity contribution in [2.45, 2.75) is 39.0 Å². The topological polar surface area (TPSA) is 32.8 Å². The van der Waals surface area contributed by atoms with Crippen molar-refractivity contribution in [3.8, 4) is 0 Å². The van der Waals surface area contributed by atoms with E-state index in [0.717, 1.165) is 26.2 Å². The van der Waals surface area contributed by atoms with Gasteiger partial charge in [-0.2, -0.15) is 0 Å². The molecule has 144 valence electrons. The molecule has 3 rings (SSSR count). The maximum absolute atomic E-state index is 11.6. The van der Waals surface area contributed by atoms with Gasteiger partial charge in [0.15, 0.2) is 0 Å². The number of esters is 1. The summed E-state index contributed by atoms with van der Waals surface area (Å²) in [5, 5.41) is 0. The molecule has 0 aliphatic carbocycles. The third kappa shape index (κ3) is 5.30. The van der Waals surface area contributed by atoms with E-state index in [0.29, 0.717) is 17.6 Å². The van der Waals surface area contributed by atoms with Crippen molar-refractivity contribution < 1.29 is 9.53 Å². The van der Waals surface area contributed by atoms with Crippen LogP contribution in [0.4, 0.5) is 0 Å². The normalized spacial score (nSPS) is 21.2. The van der Waals surface area contributed by atoms with Gasteiger partial charge in [0.2, 0.25) is 0 Å². The Bertz CT molecular complexity index is 766. The molecular formula is C22H27IN2O2. The highest BCUT2D eigenvalue weighted by Crippen LogP contribution is 2.21. The predicted octanol–water partition coefficient (Wildman–Crippen LogP) is 4.17. The van der Waals surface area contributed by atoms with Crippen LogP contribution in [0, 0.1) is 3.57 Å². The minimum atomic E-state index is -0.284. The van der Waals surface area contributed by atoms with Crippen molar-refractivity contribution >= 4 is 28.6 Å². The lowest BCUT2D eigenvalue weighted by molar-refractivity contribution is 0.0290. The molecule has 2 aromatic rings. The van der Waals surface area contributed by atoms with Gasteiger partial charge in [-0.1, -0.05) is 24.3 Å². The average Bonchev–Trinajstić information content (AvgIpc) is 2.65. The van der Waals surface area contributed by atoms with E-state index in [1.165, 1.54) is 21.8 Å². The van der Waals surface area contributed by atoms with E-state index in [2.05, 4.69) is 70.5 Å². The van der Waals surface area contributed by atoms with Gasteiger partial charge in [-0.15, -0.1) is 0 Å². The molecule has 0 N–H and O–H groups in total. The van der Waals surface area contributed by atoms with Gasteiger partial charge in [0.1, 0.15) is 0 Å². The summed E-state index contributed by atoms with van der Waals surface area (Å²) >= 11 is 2.38. The monoisotopic (exact) mass is 478 g/mol. The largest absolute Gasteiger partial charge is 0.465 e. The number of piperazine rings is 1. The number of halogens is 1. The molecule has 27 heavy (non-hydrogen) atoms. The fraction of sp³-hybridized carbons (Fsp3) is 0.409. The third-order valence-electron chi connectivity index (χ3n) is 5.21. The number of carbonyl (C=O) groups is 1. The zero-order valence-electron chi connectivity index (χ0n) is 16.2. The van der Waals surface area contributed by atoms with Gasteiger partial charge in [-0.3, -0.25) is 9.80 Å². The minimum absolute atomic E-state index is 0.284. The van der Waals surface area contributed by atoms with Crippen LogP contribution in [0.1, 0.15) is 35.3 Å². The fourth-order valence-electron chi connectivity index (χ4n) is 3.88. The Morgan fingerprint density at radius 3 is 2.30 bits per heavy atom. The van der Waals surface area contributed by atoms with E-state index in [4.69, 9.17) is 4.74 Å². The second kappa shape index (κ2) is 9.17. The molecule has 2 atom stereocenters. The zero-order chi connectivity index (χ0) is 19.4. The van der Waals surface area contributed by atoms with Gasteiger partial charge in [-0.05, 0) is 71.8 Å². The van der Waals surface area contributed by atoms with Crippen LogP contribution in [-0.4, -0.2) is 48.1 Å². The number of rotatable bonds is 5. The molecule has 0 radical (unpaired) electrons. The second-order valence-electron chi connectivity index (χ2n) is 7.38. The van der Waals surface area contributed by atoms with Crippen LogP contribution in [0.5, 0.6) is 0 Å². The number of ether oxygens (including phenoxy) is 1. The predicted molar refractivity (Wildman–Crippen MR) is 117 cm³/mol. The van der Waals surface area contributed by atoms with Crippen LogP contribution in [-0.2, 0) is 17.8 Å². The van der Waals surface area contributed by atoms with Gasteiger partial charge >= 0.3 is 5.97 Å². The van der Waals surface area contributed by atoms with Gasteiger partial charge < -0.3 is 4.74 Å². The smallest absolute Gasteiger partial charge is 0.337 e. The second-order valence-corrected chi connectivity index (χ2v) is 8.63. The molecule has 0 aromatic heterocycles. The minimum Gasteiger partial charge on any atom is -0.465 e. The van der Waals surface area contributed by atoms with E-state index >= 15 is 0 Å². The fourth-order valence-corrected chi connectivity index (χ4v) is 4.48. The van der Waals surface area contributed by atoms with Crippen molar-refractivity contribution in [2.75, 3.05) is 20.2 Å². The lowest BCUT2D eigenvalue weighted by atomic mass is 10.0. The van der Waals surface area contributed by atoms with E-state index in [1.807, 2.05) is 24.3 Å². The molecule has 5 heteroatoms. The first-order chi connectivity index (χ1) is 13.0. The first-order valence-electron chi connectivity index (χ1n) is 9.36. The maximum atomic E-state index is 11.6. The first kappa shape index (κ1) is 20.3. The van der Waals surface area contributed by atoms with Gasteiger partial charge in [0, 0.05) is 41.8 Å². The Kier molecular flexibility index (Phi) is 6.89. The Balaban J connectivity index is 1.60. The van der Waals surface area contributed by atoms with E-state index in [-0.39, 0.29) is 5.97 Å². The molecule has 0 bridgehead atoms. The summed E-state index contributed by atoms with van der Waals surface area (Å²) < 4.78 is 6.06. The molecule has 1 fully saturated rings. The van der Waals surface area contributed by atoms with Crippen molar-refractivity contribution in [2.24, 2.45) is 0 Å². The molecule has 0 amide bonds. The lowest BCUT2D eigenvalue weighted by Gasteiger charge is -2.44. The summed E-state index contributed by atoms with van der Waals surface area (Å²) in [5.74, 6) is -0.284. The number of hydrogen-bond donors (Lipinski definition) is 0. The van der Waals surface area contributed by atoms with E-state index < -0.39 is 0 Å². The summed E-state index contributed by atoms with van der Waals surface area (Å²) in [6, 6.07) is 17.5. The molecule has 4 nitrogen and oxygen atoms in total. The highest BCUT2D eigenvalue weighted by molar-refractivity contribution is 14.1. The zero-order valence-corrected chi connectivity index (χ0v) is 18.3. The molecule has 0 spiro atoms. The van der Waals surface area contributed by atoms with Crippen molar-refractivity contribution in [3.05, 3.63) is 68.8 Å². The van der Waals surface area contributed by atoms with Crippen LogP contribution >= 0.6 is 22.6 Å². The van der Waals surface area contributed by atoms with Gasteiger partial charge in [0.05, 0.1) is 12.7 Å².